The van der Waals surface area contributed by atoms with Gasteiger partial charge in [-0.1, -0.05) is 43.8 Å². The standard InChI is InChI=1S/2C23H33N3O5S.C14H21NO6S.C9H14N2.CH4/c2*1-17-13-21(30-6)14-18(2)23(17)32(28,29)26(5)11-12-31-16-22(27)24-20-9-7-19(8-10-20)15-25(3)4;1-10-7-12(20-4)8-11(2)14(10)22(18,19)15(3)5-6-21-9-13(16)17;1-11(2)7-8-3-5-9(10)6-4-8;/h2*7-10,13-14H,11-12,15-16H2,1-6H3,(H,24,27);7-8H,5-6,9H2,1-4H3,(H,16,17);3-6H,7,10H2,1-2H3;1H4. The second kappa shape index (κ2) is 41.7. The zero-order valence-corrected chi connectivity index (χ0v) is 61.9. The SMILES string of the molecule is C.CN(C)Cc1ccc(N)cc1.COc1cc(C)c(S(=O)(=O)N(C)CCOCC(=O)Nc2ccc(CN(C)C)cc2)c(C)c1.COc1cc(C)c(S(=O)(=O)N(C)CCOCC(=O)Nc2ccc(CN(C)C)cc2)c(C)c1.COc1cc(C)c(S(=O)(=O)N(C)CCOCC(=O)O)c(C)c1. The van der Waals surface area contributed by atoms with E-state index in [0.717, 1.165) is 40.8 Å². The number of rotatable bonds is 32. The number of amides is 2. The number of carbonyl (C=O) groups is 3. The maximum atomic E-state index is 13.0. The van der Waals surface area contributed by atoms with Gasteiger partial charge in [0.2, 0.25) is 41.9 Å². The molecule has 0 heterocycles. The van der Waals surface area contributed by atoms with E-state index >= 15 is 0 Å². The summed E-state index contributed by atoms with van der Waals surface area (Å²) in [6.07, 6.45) is 0. The molecule has 544 valence electrons. The number of nitrogens with zero attached hydrogens (tertiary/aromatic N) is 6. The zero-order valence-electron chi connectivity index (χ0n) is 59.4. The van der Waals surface area contributed by atoms with Crippen LogP contribution in [-0.2, 0) is 78.3 Å². The minimum atomic E-state index is -3.69. The molecule has 6 rings (SSSR count). The van der Waals surface area contributed by atoms with E-state index in [4.69, 9.17) is 39.3 Å². The summed E-state index contributed by atoms with van der Waals surface area (Å²) in [5.74, 6) is 0.149. The van der Waals surface area contributed by atoms with E-state index in [0.29, 0.717) is 62.0 Å². The number of likely N-dealkylation sites (N-methyl/N-ethyl adjacent to an activating group) is 3. The van der Waals surface area contributed by atoms with Gasteiger partial charge >= 0.3 is 5.97 Å². The molecule has 0 fully saturated rings. The summed E-state index contributed by atoms with van der Waals surface area (Å²) in [6, 6.07) is 33.3. The lowest BCUT2D eigenvalue weighted by atomic mass is 10.1. The molecule has 0 spiro atoms. The minimum absolute atomic E-state index is 0. The number of carbonyl (C=O) groups excluding carboxylic acids is 2. The molecule has 6 aromatic carbocycles. The van der Waals surface area contributed by atoms with Gasteiger partial charge in [-0.25, -0.2) is 30.0 Å². The van der Waals surface area contributed by atoms with Crippen molar-refractivity contribution in [2.75, 3.05) is 160 Å². The van der Waals surface area contributed by atoms with Crippen molar-refractivity contribution in [2.24, 2.45) is 0 Å². The van der Waals surface area contributed by atoms with Gasteiger partial charge in [-0.05, 0) is 207 Å². The van der Waals surface area contributed by atoms with Gasteiger partial charge in [-0.15, -0.1) is 0 Å². The monoisotopic (exact) mass is 1420 g/mol. The maximum Gasteiger partial charge on any atom is 0.329 e. The van der Waals surface area contributed by atoms with E-state index in [9.17, 15) is 39.6 Å². The number of carboxylic acid groups (broad SMARTS) is 1. The Kier molecular flexibility index (Phi) is 36.8. The second-order valence-corrected chi connectivity index (χ2v) is 29.7. The van der Waals surface area contributed by atoms with Crippen LogP contribution >= 0.6 is 0 Å². The molecular weight excluding hydrogens is 1320 g/mol. The van der Waals surface area contributed by atoms with Crippen LogP contribution in [0.25, 0.3) is 0 Å². The Balaban J connectivity index is 0.000000467. The molecule has 0 saturated carbocycles. The molecule has 5 N–H and O–H groups in total. The van der Waals surface area contributed by atoms with Crippen molar-refractivity contribution in [3.63, 3.8) is 0 Å². The van der Waals surface area contributed by atoms with Gasteiger partial charge in [0, 0.05) is 77.5 Å². The van der Waals surface area contributed by atoms with E-state index in [2.05, 4.69) is 51.6 Å². The molecule has 28 heteroatoms. The topological polar surface area (TPSA) is 299 Å². The lowest BCUT2D eigenvalue weighted by molar-refractivity contribution is -0.142. The number of hydrogen-bond donors (Lipinski definition) is 4. The summed E-state index contributed by atoms with van der Waals surface area (Å²) in [6.45, 7) is 12.7. The molecule has 2 amide bonds. The first-order chi connectivity index (χ1) is 45.5. The van der Waals surface area contributed by atoms with Crippen molar-refractivity contribution >= 4 is 64.9 Å². The molecule has 0 saturated heterocycles. The van der Waals surface area contributed by atoms with Crippen LogP contribution in [0, 0.1) is 41.5 Å². The van der Waals surface area contributed by atoms with Crippen LogP contribution in [-0.4, -0.2) is 220 Å². The molecular formula is C70H105N9O16S3. The number of ether oxygens (including phenoxy) is 6. The molecule has 0 radical (unpaired) electrons. The van der Waals surface area contributed by atoms with Crippen LogP contribution in [0.3, 0.4) is 0 Å². The Labute approximate surface area is 582 Å². The largest absolute Gasteiger partial charge is 0.497 e. The third-order valence-corrected chi connectivity index (χ3v) is 20.8. The maximum absolute atomic E-state index is 13.0. The van der Waals surface area contributed by atoms with Gasteiger partial charge in [0.05, 0.1) is 55.8 Å². The van der Waals surface area contributed by atoms with E-state index in [-0.39, 0.29) is 86.6 Å². The highest BCUT2D eigenvalue weighted by molar-refractivity contribution is 7.89. The third-order valence-electron chi connectivity index (χ3n) is 14.3. The molecule has 0 aliphatic rings. The molecule has 0 atom stereocenters. The average Bonchev–Trinajstić information content (AvgIpc) is 0.801. The first-order valence-electron chi connectivity index (χ1n) is 30.8. The Bertz CT molecular complexity index is 3600. The number of anilines is 3. The van der Waals surface area contributed by atoms with Gasteiger partial charge in [0.15, 0.2) is 0 Å². The summed E-state index contributed by atoms with van der Waals surface area (Å²) in [7, 11) is 10.1. The van der Waals surface area contributed by atoms with E-state index in [1.54, 1.807) is 92.2 Å². The van der Waals surface area contributed by atoms with Crippen molar-refractivity contribution in [1.29, 1.82) is 0 Å². The van der Waals surface area contributed by atoms with Crippen LogP contribution in [0.5, 0.6) is 17.2 Å². The van der Waals surface area contributed by atoms with E-state index in [1.807, 2.05) is 88.9 Å². The molecule has 25 nitrogen and oxygen atoms in total. The smallest absolute Gasteiger partial charge is 0.329 e. The van der Waals surface area contributed by atoms with Gasteiger partial charge in [0.1, 0.15) is 37.1 Å². The normalized spacial score (nSPS) is 11.5. The van der Waals surface area contributed by atoms with Crippen molar-refractivity contribution in [2.45, 2.75) is 83.3 Å². The second-order valence-electron chi connectivity index (χ2n) is 23.7. The Hall–Kier alpha value is -7.58. The number of methoxy groups -OCH3 is 3. The number of sulfonamides is 3. The quantitative estimate of drug-likeness (QED) is 0.0228. The zero-order chi connectivity index (χ0) is 73.0. The lowest BCUT2D eigenvalue weighted by Crippen LogP contribution is -2.32. The van der Waals surface area contributed by atoms with Crippen LogP contribution in [0.4, 0.5) is 17.1 Å². The van der Waals surface area contributed by atoms with Crippen LogP contribution in [0.15, 0.2) is 124 Å². The summed E-state index contributed by atoms with van der Waals surface area (Å²) < 4.78 is 112. The minimum Gasteiger partial charge on any atom is -0.497 e. The molecule has 6 aromatic rings. The van der Waals surface area contributed by atoms with Gasteiger partial charge in [-0.3, -0.25) is 9.59 Å². The molecule has 0 unspecified atom stereocenters. The van der Waals surface area contributed by atoms with Crippen molar-refractivity contribution in [1.82, 2.24) is 27.6 Å². The summed E-state index contributed by atoms with van der Waals surface area (Å²) in [5.41, 5.74) is 15.0. The Morgan fingerprint density at radius 3 is 0.867 bits per heavy atom. The van der Waals surface area contributed by atoms with Crippen molar-refractivity contribution < 1.29 is 73.2 Å². The fourth-order valence-electron chi connectivity index (χ4n) is 9.70. The summed E-state index contributed by atoms with van der Waals surface area (Å²) in [4.78, 5) is 41.6. The van der Waals surface area contributed by atoms with E-state index < -0.39 is 42.6 Å². The number of nitrogen functional groups attached to an aromatic ring is 1. The molecule has 98 heavy (non-hydrogen) atoms. The predicted octanol–water partition coefficient (Wildman–Crippen LogP) is 8.30. The van der Waals surface area contributed by atoms with Crippen molar-refractivity contribution in [3.8, 4) is 17.2 Å². The fourth-order valence-corrected chi connectivity index (χ4v) is 14.4. The molecule has 0 aromatic heterocycles. The van der Waals surface area contributed by atoms with Gasteiger partial charge in [0.25, 0.3) is 0 Å². The number of nitrogens with two attached hydrogens (primary N) is 1. The van der Waals surface area contributed by atoms with E-state index in [1.165, 1.54) is 42.4 Å². The molecule has 0 bridgehead atoms. The number of carboxylic acids is 1. The summed E-state index contributed by atoms with van der Waals surface area (Å²) in [5, 5.41) is 14.0. The number of aliphatic carboxylic acids is 1. The average molecular weight is 1420 g/mol. The number of aryl methyl sites for hydroxylation is 6. The highest BCUT2D eigenvalue weighted by Crippen LogP contribution is 2.31. The first-order valence-corrected chi connectivity index (χ1v) is 35.1. The van der Waals surface area contributed by atoms with Crippen LogP contribution in [0.2, 0.25) is 0 Å². The van der Waals surface area contributed by atoms with Crippen molar-refractivity contribution in [3.05, 3.63) is 159 Å². The van der Waals surface area contributed by atoms with Crippen LogP contribution in [0.1, 0.15) is 57.5 Å². The highest BCUT2D eigenvalue weighted by atomic mass is 32.2. The van der Waals surface area contributed by atoms with Crippen LogP contribution < -0.4 is 30.6 Å². The van der Waals surface area contributed by atoms with Gasteiger partial charge in [-0.2, -0.15) is 12.9 Å². The molecule has 0 aliphatic carbocycles. The number of nitrogens with one attached hydrogen (secondary N) is 2. The predicted molar refractivity (Wildman–Crippen MR) is 387 cm³/mol. The van der Waals surface area contributed by atoms with Gasteiger partial charge < -0.3 is 64.6 Å². The summed E-state index contributed by atoms with van der Waals surface area (Å²) >= 11 is 0. The number of hydrogen-bond acceptors (Lipinski definition) is 19. The Morgan fingerprint density at radius 2 is 0.643 bits per heavy atom. The third kappa shape index (κ3) is 28.7. The number of benzene rings is 6. The Morgan fingerprint density at radius 1 is 0.408 bits per heavy atom. The lowest BCUT2D eigenvalue weighted by Gasteiger charge is -2.20. The highest BCUT2D eigenvalue weighted by Gasteiger charge is 2.28. The molecule has 0 aliphatic heterocycles. The first kappa shape index (κ1) is 86.5. The fraction of sp³-hybridized carbons (Fsp3) is 0.443.